The number of aromatic amines is 1. The summed E-state index contributed by atoms with van der Waals surface area (Å²) in [6, 6.07) is 6.25. The molecule has 0 saturated heterocycles. The van der Waals surface area contributed by atoms with Gasteiger partial charge in [0.05, 0.1) is 12.7 Å². The highest BCUT2D eigenvalue weighted by atomic mass is 35.5. The Hall–Kier alpha value is -2.14. The molecule has 0 amide bonds. The number of methoxy groups -OCH3 is 1. The number of Topliss-reactive ketones (excluding diaryl/α,β-unsaturated/α-hetero) is 1. The molecule has 6 heteroatoms. The average molecular weight is 293 g/mol. The standard InChI is InChI=1S/C14H13ClN2O3/c1-3-12(18)9-5-4-8(15)6-10(9)11-7-13(19)16-17-14(11)20-2/h4-7H,3H2,1-2H3,(H,16,19). The van der Waals surface area contributed by atoms with Gasteiger partial charge in [0.1, 0.15) is 0 Å². The van der Waals surface area contributed by atoms with Gasteiger partial charge >= 0.3 is 0 Å². The van der Waals surface area contributed by atoms with E-state index in [4.69, 9.17) is 16.3 Å². The Bertz CT molecular complexity index is 710. The minimum atomic E-state index is -0.379. The second kappa shape index (κ2) is 5.88. The maximum absolute atomic E-state index is 12.0. The molecule has 1 heterocycles. The molecule has 0 aliphatic heterocycles. The second-order valence-corrected chi connectivity index (χ2v) is 4.56. The number of carbonyl (C=O) groups is 1. The number of benzene rings is 1. The minimum absolute atomic E-state index is 0.0426. The molecule has 5 nitrogen and oxygen atoms in total. The molecule has 2 aromatic rings. The first kappa shape index (κ1) is 14.3. The maximum atomic E-state index is 12.0. The number of rotatable bonds is 4. The Kier molecular flexibility index (Phi) is 4.20. The Balaban J connectivity index is 2.74. The molecular formula is C14H13ClN2O3. The van der Waals surface area contributed by atoms with Gasteiger partial charge in [0, 0.05) is 23.1 Å². The van der Waals surface area contributed by atoms with Gasteiger partial charge in [-0.2, -0.15) is 0 Å². The fourth-order valence-corrected chi connectivity index (χ4v) is 2.08. The number of hydrogen-bond acceptors (Lipinski definition) is 4. The van der Waals surface area contributed by atoms with Crippen LogP contribution in [0.5, 0.6) is 5.88 Å². The molecule has 2 rings (SSSR count). The molecule has 1 aromatic carbocycles. The predicted molar refractivity (Wildman–Crippen MR) is 76.5 cm³/mol. The average Bonchev–Trinajstić information content (AvgIpc) is 2.46. The van der Waals surface area contributed by atoms with Crippen LogP contribution in [0.4, 0.5) is 0 Å². The highest BCUT2D eigenvalue weighted by Crippen LogP contribution is 2.32. The molecule has 20 heavy (non-hydrogen) atoms. The first-order valence-electron chi connectivity index (χ1n) is 6.03. The lowest BCUT2D eigenvalue weighted by atomic mass is 9.97. The highest BCUT2D eigenvalue weighted by Gasteiger charge is 2.16. The summed E-state index contributed by atoms with van der Waals surface area (Å²) >= 11 is 5.99. The van der Waals surface area contributed by atoms with Gasteiger partial charge in [-0.3, -0.25) is 9.59 Å². The zero-order chi connectivity index (χ0) is 14.7. The van der Waals surface area contributed by atoms with Gasteiger partial charge in [-0.25, -0.2) is 5.10 Å². The third-order valence-electron chi connectivity index (χ3n) is 2.86. The van der Waals surface area contributed by atoms with Gasteiger partial charge in [-0.05, 0) is 23.8 Å². The number of carbonyl (C=O) groups excluding carboxylic acids is 1. The van der Waals surface area contributed by atoms with Crippen LogP contribution in [0.3, 0.4) is 0 Å². The second-order valence-electron chi connectivity index (χ2n) is 4.12. The van der Waals surface area contributed by atoms with Crippen LogP contribution in [0.1, 0.15) is 23.7 Å². The summed E-state index contributed by atoms with van der Waals surface area (Å²) in [5.74, 6) is 0.191. The van der Waals surface area contributed by atoms with Crippen molar-refractivity contribution >= 4 is 17.4 Å². The van der Waals surface area contributed by atoms with Gasteiger partial charge in [-0.15, -0.1) is 5.10 Å². The van der Waals surface area contributed by atoms with Crippen molar-refractivity contribution in [1.82, 2.24) is 10.2 Å². The SMILES string of the molecule is CCC(=O)c1ccc(Cl)cc1-c1cc(=O)[nH]nc1OC. The predicted octanol–water partition coefficient (Wildman–Crippen LogP) is 2.69. The lowest BCUT2D eigenvalue weighted by Gasteiger charge is -2.11. The van der Waals surface area contributed by atoms with Crippen molar-refractivity contribution in [3.8, 4) is 17.0 Å². The summed E-state index contributed by atoms with van der Waals surface area (Å²) < 4.78 is 5.13. The van der Waals surface area contributed by atoms with Gasteiger partial charge in [0.25, 0.3) is 5.56 Å². The molecule has 0 spiro atoms. The molecule has 0 atom stereocenters. The van der Waals surface area contributed by atoms with E-state index in [9.17, 15) is 9.59 Å². The van der Waals surface area contributed by atoms with E-state index in [1.807, 2.05) is 0 Å². The normalized spacial score (nSPS) is 10.3. The lowest BCUT2D eigenvalue weighted by molar-refractivity contribution is 0.0989. The summed E-state index contributed by atoms with van der Waals surface area (Å²) in [4.78, 5) is 23.5. The van der Waals surface area contributed by atoms with Crippen molar-refractivity contribution in [2.45, 2.75) is 13.3 Å². The van der Waals surface area contributed by atoms with E-state index in [2.05, 4.69) is 10.2 Å². The molecule has 0 aliphatic carbocycles. The molecule has 0 fully saturated rings. The smallest absolute Gasteiger partial charge is 0.265 e. The first-order chi connectivity index (χ1) is 9.56. The molecule has 1 aromatic heterocycles. The summed E-state index contributed by atoms with van der Waals surface area (Å²) in [5, 5.41) is 6.57. The molecule has 0 saturated carbocycles. The fraction of sp³-hybridized carbons (Fsp3) is 0.214. The Morgan fingerprint density at radius 2 is 2.10 bits per heavy atom. The molecule has 104 valence electrons. The molecule has 1 N–H and O–H groups in total. The Morgan fingerprint density at radius 1 is 1.35 bits per heavy atom. The van der Waals surface area contributed by atoms with E-state index >= 15 is 0 Å². The van der Waals surface area contributed by atoms with Gasteiger partial charge in [0.2, 0.25) is 5.88 Å². The summed E-state index contributed by atoms with van der Waals surface area (Å²) in [7, 11) is 1.44. The topological polar surface area (TPSA) is 72.0 Å². The summed E-state index contributed by atoms with van der Waals surface area (Å²) in [6.45, 7) is 1.77. The van der Waals surface area contributed by atoms with E-state index < -0.39 is 0 Å². The van der Waals surface area contributed by atoms with Crippen molar-refractivity contribution in [3.63, 3.8) is 0 Å². The number of H-pyrrole nitrogens is 1. The fourth-order valence-electron chi connectivity index (χ4n) is 1.91. The van der Waals surface area contributed by atoms with E-state index in [-0.39, 0.29) is 17.2 Å². The lowest BCUT2D eigenvalue weighted by Crippen LogP contribution is -2.10. The number of hydrogen-bond donors (Lipinski definition) is 1. The van der Waals surface area contributed by atoms with E-state index in [1.54, 1.807) is 25.1 Å². The summed E-state index contributed by atoms with van der Waals surface area (Å²) in [6.07, 6.45) is 0.355. The van der Waals surface area contributed by atoms with Crippen LogP contribution in [0.25, 0.3) is 11.1 Å². The van der Waals surface area contributed by atoms with Gasteiger partial charge < -0.3 is 4.74 Å². The molecule has 0 radical (unpaired) electrons. The van der Waals surface area contributed by atoms with Crippen LogP contribution < -0.4 is 10.3 Å². The van der Waals surface area contributed by atoms with Crippen molar-refractivity contribution in [1.29, 1.82) is 0 Å². The Morgan fingerprint density at radius 3 is 2.75 bits per heavy atom. The van der Waals surface area contributed by atoms with E-state index in [0.29, 0.717) is 28.1 Å². The molecular weight excluding hydrogens is 280 g/mol. The number of halogens is 1. The molecule has 0 aliphatic rings. The zero-order valence-corrected chi connectivity index (χ0v) is 11.8. The third-order valence-corrected chi connectivity index (χ3v) is 3.10. The summed E-state index contributed by atoms with van der Waals surface area (Å²) in [5.41, 5.74) is 1.09. The first-order valence-corrected chi connectivity index (χ1v) is 6.41. The van der Waals surface area contributed by atoms with Crippen LogP contribution in [0.2, 0.25) is 5.02 Å². The van der Waals surface area contributed by atoms with Crippen molar-refractivity contribution in [2.75, 3.05) is 7.11 Å². The number of nitrogens with zero attached hydrogens (tertiary/aromatic N) is 1. The van der Waals surface area contributed by atoms with Crippen LogP contribution in [-0.4, -0.2) is 23.1 Å². The van der Waals surface area contributed by atoms with Crippen LogP contribution in [-0.2, 0) is 0 Å². The highest BCUT2D eigenvalue weighted by molar-refractivity contribution is 6.31. The van der Waals surface area contributed by atoms with Crippen LogP contribution >= 0.6 is 11.6 Å². The van der Waals surface area contributed by atoms with Gasteiger partial charge in [-0.1, -0.05) is 18.5 Å². The third kappa shape index (κ3) is 2.72. The Labute approximate surface area is 120 Å². The van der Waals surface area contributed by atoms with Crippen molar-refractivity contribution in [3.05, 3.63) is 45.2 Å². The van der Waals surface area contributed by atoms with Crippen LogP contribution in [0.15, 0.2) is 29.1 Å². The molecule has 0 unspecified atom stereocenters. The van der Waals surface area contributed by atoms with Crippen molar-refractivity contribution < 1.29 is 9.53 Å². The quantitative estimate of drug-likeness (QED) is 0.879. The molecule has 0 bridgehead atoms. The number of ketones is 1. The number of nitrogens with one attached hydrogen (secondary N) is 1. The largest absolute Gasteiger partial charge is 0.480 e. The van der Waals surface area contributed by atoms with E-state index in [1.165, 1.54) is 13.2 Å². The number of aromatic nitrogens is 2. The van der Waals surface area contributed by atoms with Gasteiger partial charge in [0.15, 0.2) is 5.78 Å². The monoisotopic (exact) mass is 292 g/mol. The maximum Gasteiger partial charge on any atom is 0.265 e. The number of ether oxygens (including phenoxy) is 1. The van der Waals surface area contributed by atoms with Crippen molar-refractivity contribution in [2.24, 2.45) is 0 Å². The van der Waals surface area contributed by atoms with E-state index in [0.717, 1.165) is 0 Å². The zero-order valence-electron chi connectivity index (χ0n) is 11.1. The minimum Gasteiger partial charge on any atom is -0.480 e. The van der Waals surface area contributed by atoms with Crippen LogP contribution in [0, 0.1) is 0 Å².